The first-order valence-corrected chi connectivity index (χ1v) is 8.33. The maximum atomic E-state index is 10.6. The normalized spacial score (nSPS) is 24.4. The highest BCUT2D eigenvalue weighted by atomic mass is 16.5. The molecule has 1 fully saturated rings. The fourth-order valence-corrected chi connectivity index (χ4v) is 3.99. The van der Waals surface area contributed by atoms with Crippen molar-refractivity contribution in [3.8, 4) is 0 Å². The molecule has 21 heavy (non-hydrogen) atoms. The minimum absolute atomic E-state index is 0.0113. The Morgan fingerprint density at radius 2 is 2.00 bits per heavy atom. The van der Waals surface area contributed by atoms with E-state index in [1.54, 1.807) is 0 Å². The molecule has 0 saturated carbocycles. The van der Waals surface area contributed by atoms with Crippen LogP contribution in [0.25, 0.3) is 0 Å². The zero-order chi connectivity index (χ0) is 14.7. The van der Waals surface area contributed by atoms with E-state index in [0.717, 1.165) is 58.5 Å². The van der Waals surface area contributed by atoms with E-state index in [1.165, 1.54) is 11.1 Å². The lowest BCUT2D eigenvalue weighted by molar-refractivity contribution is 0.0315. The van der Waals surface area contributed by atoms with Crippen LogP contribution in [-0.4, -0.2) is 49.0 Å². The second-order valence-corrected chi connectivity index (χ2v) is 6.49. The zero-order valence-electron chi connectivity index (χ0n) is 13.1. The number of ether oxygens (including phenoxy) is 1. The van der Waals surface area contributed by atoms with Crippen LogP contribution < -0.4 is 0 Å². The number of piperidine rings is 1. The second-order valence-electron chi connectivity index (χ2n) is 6.49. The molecule has 1 saturated heterocycles. The van der Waals surface area contributed by atoms with E-state index < -0.39 is 0 Å². The zero-order valence-corrected chi connectivity index (χ0v) is 13.1. The summed E-state index contributed by atoms with van der Waals surface area (Å²) in [5.41, 5.74) is 2.77. The highest BCUT2D eigenvalue weighted by Crippen LogP contribution is 2.46. The van der Waals surface area contributed by atoms with Gasteiger partial charge in [0.05, 0.1) is 12.7 Å². The van der Waals surface area contributed by atoms with E-state index in [2.05, 4.69) is 36.1 Å². The number of hydrogen-bond acceptors (Lipinski definition) is 3. The van der Waals surface area contributed by atoms with Gasteiger partial charge in [0.1, 0.15) is 0 Å². The van der Waals surface area contributed by atoms with Crippen molar-refractivity contribution in [2.45, 2.75) is 44.1 Å². The second kappa shape index (κ2) is 6.47. The smallest absolute Gasteiger partial charge is 0.0678 e. The molecule has 2 aliphatic rings. The first kappa shape index (κ1) is 15.0. The van der Waals surface area contributed by atoms with Crippen LogP contribution in [-0.2, 0) is 16.6 Å². The third kappa shape index (κ3) is 2.87. The molecule has 1 aliphatic carbocycles. The van der Waals surface area contributed by atoms with Gasteiger partial charge in [-0.25, -0.2) is 0 Å². The summed E-state index contributed by atoms with van der Waals surface area (Å²) in [5.74, 6) is 0. The van der Waals surface area contributed by atoms with Crippen molar-refractivity contribution in [2.24, 2.45) is 0 Å². The molecule has 116 valence electrons. The maximum Gasteiger partial charge on any atom is 0.0678 e. The quantitative estimate of drug-likeness (QED) is 0.845. The van der Waals surface area contributed by atoms with Gasteiger partial charge in [-0.2, -0.15) is 0 Å². The average Bonchev–Trinajstić information content (AvgIpc) is 2.78. The Balaban J connectivity index is 1.60. The maximum absolute atomic E-state index is 10.6. The Morgan fingerprint density at radius 1 is 1.24 bits per heavy atom. The van der Waals surface area contributed by atoms with E-state index in [9.17, 15) is 5.11 Å². The van der Waals surface area contributed by atoms with E-state index in [1.807, 2.05) is 0 Å². The van der Waals surface area contributed by atoms with Crippen LogP contribution in [0.5, 0.6) is 0 Å². The van der Waals surface area contributed by atoms with Gasteiger partial charge in [-0.3, -0.25) is 0 Å². The minimum atomic E-state index is -0.201. The number of benzene rings is 1. The summed E-state index contributed by atoms with van der Waals surface area (Å²) in [7, 11) is 0. The summed E-state index contributed by atoms with van der Waals surface area (Å²) in [4.78, 5) is 2.48. The predicted octanol–water partition coefficient (Wildman–Crippen LogP) is 2.36. The molecule has 0 amide bonds. The van der Waals surface area contributed by atoms with Gasteiger partial charge in [-0.1, -0.05) is 31.2 Å². The SMILES string of the molecule is CCCOCCN1CCC2(CC1)c1ccccc1C[C@@H]2O. The monoisotopic (exact) mass is 289 g/mol. The Kier molecular flexibility index (Phi) is 4.63. The molecular formula is C18H27NO2. The van der Waals surface area contributed by atoms with Gasteiger partial charge < -0.3 is 14.7 Å². The van der Waals surface area contributed by atoms with Crippen LogP contribution in [0.2, 0.25) is 0 Å². The molecule has 1 aromatic rings. The third-order valence-corrected chi connectivity index (χ3v) is 5.25. The van der Waals surface area contributed by atoms with Crippen molar-refractivity contribution in [3.63, 3.8) is 0 Å². The molecule has 1 aliphatic heterocycles. The number of fused-ring (bicyclic) bond motifs is 2. The molecule has 0 aromatic heterocycles. The molecule has 3 heteroatoms. The van der Waals surface area contributed by atoms with Crippen LogP contribution in [0.4, 0.5) is 0 Å². The molecule has 3 nitrogen and oxygen atoms in total. The van der Waals surface area contributed by atoms with E-state index in [4.69, 9.17) is 4.74 Å². The van der Waals surface area contributed by atoms with Crippen molar-refractivity contribution in [1.82, 2.24) is 4.90 Å². The van der Waals surface area contributed by atoms with Gasteiger partial charge in [-0.15, -0.1) is 0 Å². The number of hydrogen-bond donors (Lipinski definition) is 1. The van der Waals surface area contributed by atoms with Crippen molar-refractivity contribution in [2.75, 3.05) is 32.8 Å². The van der Waals surface area contributed by atoms with E-state index >= 15 is 0 Å². The summed E-state index contributed by atoms with van der Waals surface area (Å²) in [5, 5.41) is 10.6. The van der Waals surface area contributed by atoms with Gasteiger partial charge >= 0.3 is 0 Å². The molecule has 0 radical (unpaired) electrons. The number of aliphatic hydroxyl groups excluding tert-OH is 1. The number of aliphatic hydroxyl groups is 1. The summed E-state index contributed by atoms with van der Waals surface area (Å²) in [6, 6.07) is 8.61. The Morgan fingerprint density at radius 3 is 2.76 bits per heavy atom. The van der Waals surface area contributed by atoms with Crippen LogP contribution in [0, 0.1) is 0 Å². The fraction of sp³-hybridized carbons (Fsp3) is 0.667. The van der Waals surface area contributed by atoms with Gasteiger partial charge in [0.15, 0.2) is 0 Å². The average molecular weight is 289 g/mol. The fourth-order valence-electron chi connectivity index (χ4n) is 3.99. The van der Waals surface area contributed by atoms with Crippen LogP contribution in [0.15, 0.2) is 24.3 Å². The summed E-state index contributed by atoms with van der Waals surface area (Å²) in [6.07, 6.45) is 3.85. The van der Waals surface area contributed by atoms with Crippen molar-refractivity contribution in [1.29, 1.82) is 0 Å². The predicted molar refractivity (Wildman–Crippen MR) is 84.6 cm³/mol. The molecule has 1 spiro atoms. The van der Waals surface area contributed by atoms with Gasteiger partial charge in [-0.05, 0) is 49.9 Å². The minimum Gasteiger partial charge on any atom is -0.392 e. The van der Waals surface area contributed by atoms with Crippen molar-refractivity contribution in [3.05, 3.63) is 35.4 Å². The summed E-state index contributed by atoms with van der Waals surface area (Å²) >= 11 is 0. The lowest BCUT2D eigenvalue weighted by atomic mass is 9.72. The molecule has 1 atom stereocenters. The summed E-state index contributed by atoms with van der Waals surface area (Å²) < 4.78 is 5.59. The van der Waals surface area contributed by atoms with Crippen LogP contribution in [0.1, 0.15) is 37.3 Å². The molecule has 0 bridgehead atoms. The lowest BCUT2D eigenvalue weighted by Crippen LogP contribution is -2.48. The number of rotatable bonds is 5. The van der Waals surface area contributed by atoms with Crippen LogP contribution >= 0.6 is 0 Å². The highest BCUT2D eigenvalue weighted by Gasteiger charge is 2.47. The number of nitrogens with zero attached hydrogens (tertiary/aromatic N) is 1. The standard InChI is InChI=1S/C18H27NO2/c1-2-12-21-13-11-19-9-7-18(8-10-19)16-6-4-3-5-15(16)14-17(18)20/h3-6,17,20H,2,7-14H2,1H3/t17-/m0/s1. The molecule has 1 N–H and O–H groups in total. The topological polar surface area (TPSA) is 32.7 Å². The molecule has 1 heterocycles. The summed E-state index contributed by atoms with van der Waals surface area (Å²) in [6.45, 7) is 7.00. The van der Waals surface area contributed by atoms with Crippen molar-refractivity contribution >= 4 is 0 Å². The van der Waals surface area contributed by atoms with Gasteiger partial charge in [0, 0.05) is 18.6 Å². The molecule has 0 unspecified atom stereocenters. The third-order valence-electron chi connectivity index (χ3n) is 5.25. The molecular weight excluding hydrogens is 262 g/mol. The van der Waals surface area contributed by atoms with E-state index in [-0.39, 0.29) is 11.5 Å². The van der Waals surface area contributed by atoms with Crippen molar-refractivity contribution < 1.29 is 9.84 Å². The van der Waals surface area contributed by atoms with E-state index in [0.29, 0.717) is 0 Å². The first-order valence-electron chi connectivity index (χ1n) is 8.33. The Labute approximate surface area is 127 Å². The molecule has 1 aromatic carbocycles. The lowest BCUT2D eigenvalue weighted by Gasteiger charge is -2.42. The van der Waals surface area contributed by atoms with Gasteiger partial charge in [0.25, 0.3) is 0 Å². The highest BCUT2D eigenvalue weighted by molar-refractivity contribution is 5.42. The Bertz CT molecular complexity index is 466. The molecule has 3 rings (SSSR count). The number of likely N-dealkylation sites (tertiary alicyclic amines) is 1. The van der Waals surface area contributed by atoms with Gasteiger partial charge in [0.2, 0.25) is 0 Å². The van der Waals surface area contributed by atoms with Crippen LogP contribution in [0.3, 0.4) is 0 Å². The Hall–Kier alpha value is -0.900. The first-order chi connectivity index (χ1) is 10.3. The largest absolute Gasteiger partial charge is 0.392 e.